The average Bonchev–Trinajstić information content (AvgIpc) is 2.77. The molecular formula is C18H29NO. The van der Waals surface area contributed by atoms with Crippen LogP contribution in [0.15, 0.2) is 30.3 Å². The summed E-state index contributed by atoms with van der Waals surface area (Å²) in [6.07, 6.45) is 9.57. The highest BCUT2D eigenvalue weighted by Crippen LogP contribution is 2.22. The predicted molar refractivity (Wildman–Crippen MR) is 84.9 cm³/mol. The summed E-state index contributed by atoms with van der Waals surface area (Å²) in [4.78, 5) is 0. The van der Waals surface area contributed by atoms with E-state index in [1.807, 2.05) is 0 Å². The molecule has 2 rings (SSSR count). The highest BCUT2D eigenvalue weighted by atomic mass is 16.5. The van der Waals surface area contributed by atoms with Crippen LogP contribution >= 0.6 is 0 Å². The van der Waals surface area contributed by atoms with Crippen molar-refractivity contribution in [2.24, 2.45) is 0 Å². The Kier molecular flexibility index (Phi) is 7.10. The van der Waals surface area contributed by atoms with Gasteiger partial charge in [0.1, 0.15) is 0 Å². The fourth-order valence-corrected chi connectivity index (χ4v) is 2.92. The zero-order valence-electron chi connectivity index (χ0n) is 12.8. The normalized spacial score (nSPS) is 18.6. The maximum atomic E-state index is 6.21. The molecule has 0 saturated heterocycles. The molecule has 0 heterocycles. The van der Waals surface area contributed by atoms with Crippen LogP contribution in [0.3, 0.4) is 0 Å². The van der Waals surface area contributed by atoms with Crippen LogP contribution in [-0.4, -0.2) is 19.3 Å². The average molecular weight is 275 g/mol. The highest BCUT2D eigenvalue weighted by Gasteiger charge is 2.16. The van der Waals surface area contributed by atoms with Gasteiger partial charge in [-0.25, -0.2) is 0 Å². The van der Waals surface area contributed by atoms with Crippen LogP contribution in [0.25, 0.3) is 0 Å². The zero-order chi connectivity index (χ0) is 14.0. The van der Waals surface area contributed by atoms with Crippen molar-refractivity contribution in [2.75, 3.05) is 13.2 Å². The third-order valence-corrected chi connectivity index (χ3v) is 4.14. The van der Waals surface area contributed by atoms with Gasteiger partial charge >= 0.3 is 0 Å². The molecule has 20 heavy (non-hydrogen) atoms. The van der Waals surface area contributed by atoms with E-state index in [9.17, 15) is 0 Å². The lowest BCUT2D eigenvalue weighted by Gasteiger charge is -2.23. The quantitative estimate of drug-likeness (QED) is 0.741. The van der Waals surface area contributed by atoms with Gasteiger partial charge in [0.2, 0.25) is 0 Å². The topological polar surface area (TPSA) is 21.3 Å². The Balaban J connectivity index is 1.86. The minimum absolute atomic E-state index is 0.333. The van der Waals surface area contributed by atoms with Gasteiger partial charge in [0.05, 0.1) is 18.8 Å². The second kappa shape index (κ2) is 9.15. The van der Waals surface area contributed by atoms with E-state index >= 15 is 0 Å². The van der Waals surface area contributed by atoms with E-state index in [4.69, 9.17) is 4.74 Å². The Labute approximate surface area is 123 Å². The Morgan fingerprint density at radius 3 is 2.45 bits per heavy atom. The van der Waals surface area contributed by atoms with E-state index in [-0.39, 0.29) is 0 Å². The van der Waals surface area contributed by atoms with Gasteiger partial charge in [0.15, 0.2) is 0 Å². The fourth-order valence-electron chi connectivity index (χ4n) is 2.92. The molecule has 1 saturated carbocycles. The van der Waals surface area contributed by atoms with Crippen molar-refractivity contribution in [3.05, 3.63) is 35.9 Å². The predicted octanol–water partition coefficient (Wildman–Crippen LogP) is 4.47. The largest absolute Gasteiger partial charge is 0.376 e. The third kappa shape index (κ3) is 5.26. The number of nitrogens with one attached hydrogen (secondary N) is 1. The molecule has 2 nitrogen and oxygen atoms in total. The molecule has 1 fully saturated rings. The standard InChI is InChI=1S/C18H29NO/c1-2-14-19-18(16-10-6-5-7-11-16)15-20-17-12-8-3-4-9-13-17/h5-7,10-11,17-19H,2-4,8-9,12-15H2,1H3. The second-order valence-corrected chi connectivity index (χ2v) is 5.86. The Morgan fingerprint density at radius 2 is 1.80 bits per heavy atom. The molecule has 0 aliphatic heterocycles. The number of hydrogen-bond acceptors (Lipinski definition) is 2. The number of ether oxygens (including phenoxy) is 1. The molecule has 1 aliphatic rings. The Hall–Kier alpha value is -0.860. The first kappa shape index (κ1) is 15.5. The summed E-state index contributed by atoms with van der Waals surface area (Å²) in [6.45, 7) is 4.06. The number of hydrogen-bond donors (Lipinski definition) is 1. The molecule has 0 amide bonds. The molecule has 1 aromatic rings. The minimum atomic E-state index is 0.333. The van der Waals surface area contributed by atoms with E-state index in [1.165, 1.54) is 44.1 Å². The van der Waals surface area contributed by atoms with Crippen LogP contribution in [0, 0.1) is 0 Å². The molecule has 1 aromatic carbocycles. The van der Waals surface area contributed by atoms with E-state index in [0.717, 1.165) is 19.6 Å². The van der Waals surface area contributed by atoms with Crippen molar-refractivity contribution in [2.45, 2.75) is 64.0 Å². The smallest absolute Gasteiger partial charge is 0.0665 e. The molecule has 2 heteroatoms. The maximum absolute atomic E-state index is 6.21. The number of rotatable bonds is 7. The van der Waals surface area contributed by atoms with Gasteiger partial charge in [0, 0.05) is 0 Å². The lowest BCUT2D eigenvalue weighted by molar-refractivity contribution is 0.0288. The molecule has 1 atom stereocenters. The van der Waals surface area contributed by atoms with Crippen LogP contribution in [0.4, 0.5) is 0 Å². The molecule has 112 valence electrons. The van der Waals surface area contributed by atoms with E-state index < -0.39 is 0 Å². The summed E-state index contributed by atoms with van der Waals surface area (Å²) in [5, 5.41) is 3.62. The van der Waals surface area contributed by atoms with Crippen LogP contribution in [-0.2, 0) is 4.74 Å². The van der Waals surface area contributed by atoms with Crippen molar-refractivity contribution in [1.82, 2.24) is 5.32 Å². The lowest BCUT2D eigenvalue weighted by Crippen LogP contribution is -2.28. The van der Waals surface area contributed by atoms with Crippen LogP contribution in [0.1, 0.15) is 63.5 Å². The summed E-state index contributed by atoms with van der Waals surface area (Å²) in [7, 11) is 0. The summed E-state index contributed by atoms with van der Waals surface area (Å²) < 4.78 is 6.21. The van der Waals surface area contributed by atoms with Crippen molar-refractivity contribution < 1.29 is 4.74 Å². The van der Waals surface area contributed by atoms with Crippen molar-refractivity contribution in [3.63, 3.8) is 0 Å². The van der Waals surface area contributed by atoms with Gasteiger partial charge in [-0.1, -0.05) is 62.9 Å². The summed E-state index contributed by atoms with van der Waals surface area (Å²) in [5.74, 6) is 0. The first-order valence-electron chi connectivity index (χ1n) is 8.30. The van der Waals surface area contributed by atoms with Gasteiger partial charge in [-0.15, -0.1) is 0 Å². The molecule has 1 aliphatic carbocycles. The third-order valence-electron chi connectivity index (χ3n) is 4.14. The van der Waals surface area contributed by atoms with Gasteiger partial charge in [0.25, 0.3) is 0 Å². The second-order valence-electron chi connectivity index (χ2n) is 5.86. The molecule has 0 bridgehead atoms. The summed E-state index contributed by atoms with van der Waals surface area (Å²) >= 11 is 0. The van der Waals surface area contributed by atoms with Gasteiger partial charge in [-0.05, 0) is 31.4 Å². The van der Waals surface area contributed by atoms with E-state index in [1.54, 1.807) is 0 Å². The van der Waals surface area contributed by atoms with E-state index in [0.29, 0.717) is 12.1 Å². The van der Waals surface area contributed by atoms with Gasteiger partial charge in [-0.3, -0.25) is 0 Å². The van der Waals surface area contributed by atoms with Crippen molar-refractivity contribution >= 4 is 0 Å². The van der Waals surface area contributed by atoms with Crippen molar-refractivity contribution in [1.29, 1.82) is 0 Å². The fraction of sp³-hybridized carbons (Fsp3) is 0.667. The van der Waals surface area contributed by atoms with Gasteiger partial charge in [-0.2, -0.15) is 0 Å². The summed E-state index contributed by atoms with van der Waals surface area (Å²) in [5.41, 5.74) is 1.34. The monoisotopic (exact) mass is 275 g/mol. The van der Waals surface area contributed by atoms with E-state index in [2.05, 4.69) is 42.6 Å². The van der Waals surface area contributed by atoms with Crippen molar-refractivity contribution in [3.8, 4) is 0 Å². The van der Waals surface area contributed by atoms with Crippen LogP contribution in [0.5, 0.6) is 0 Å². The molecule has 0 radical (unpaired) electrons. The Morgan fingerprint density at radius 1 is 1.10 bits per heavy atom. The first-order chi connectivity index (χ1) is 9.90. The minimum Gasteiger partial charge on any atom is -0.376 e. The number of benzene rings is 1. The summed E-state index contributed by atoms with van der Waals surface area (Å²) in [6, 6.07) is 11.0. The first-order valence-corrected chi connectivity index (χ1v) is 8.30. The zero-order valence-corrected chi connectivity index (χ0v) is 12.8. The Bertz CT molecular complexity index is 344. The van der Waals surface area contributed by atoms with Gasteiger partial charge < -0.3 is 10.1 Å². The van der Waals surface area contributed by atoms with Crippen LogP contribution < -0.4 is 5.32 Å². The maximum Gasteiger partial charge on any atom is 0.0665 e. The SMILES string of the molecule is CCCNC(COC1CCCCCC1)c1ccccc1. The molecule has 1 N–H and O–H groups in total. The molecule has 0 aromatic heterocycles. The highest BCUT2D eigenvalue weighted by molar-refractivity contribution is 5.18. The molecule has 0 spiro atoms. The van der Waals surface area contributed by atoms with Crippen LogP contribution in [0.2, 0.25) is 0 Å². The molecule has 1 unspecified atom stereocenters. The lowest BCUT2D eigenvalue weighted by atomic mass is 10.1. The molecular weight excluding hydrogens is 246 g/mol.